The molecule has 2 spiro atoms. The van der Waals surface area contributed by atoms with Crippen molar-refractivity contribution in [1.29, 1.82) is 0 Å². The van der Waals surface area contributed by atoms with Gasteiger partial charge in [0.05, 0.1) is 25.1 Å². The van der Waals surface area contributed by atoms with Crippen LogP contribution < -0.4 is 21.1 Å². The number of aliphatic hydroxyl groups excluding tert-OH is 2. The van der Waals surface area contributed by atoms with E-state index in [4.69, 9.17) is 10.5 Å². The third-order valence-electron chi connectivity index (χ3n) is 18.7. The van der Waals surface area contributed by atoms with Crippen molar-refractivity contribution in [3.63, 3.8) is 0 Å². The first-order chi connectivity index (χ1) is 32.5. The van der Waals surface area contributed by atoms with Crippen LogP contribution in [0.25, 0.3) is 10.8 Å². The molecule has 4 saturated carbocycles. The quantitative estimate of drug-likeness (QED) is 0.109. The molecule has 11 unspecified atom stereocenters. The summed E-state index contributed by atoms with van der Waals surface area (Å²) in [5.41, 5.74) is 10.8. The maximum atomic E-state index is 14.7. The molecule has 0 aromatic heterocycles. The van der Waals surface area contributed by atoms with Crippen LogP contribution in [0.4, 0.5) is 0 Å². The van der Waals surface area contributed by atoms with Gasteiger partial charge in [0.15, 0.2) is 17.3 Å². The molecule has 7 aliphatic rings. The van der Waals surface area contributed by atoms with Gasteiger partial charge < -0.3 is 36.4 Å². The van der Waals surface area contributed by atoms with E-state index >= 15 is 0 Å². The summed E-state index contributed by atoms with van der Waals surface area (Å²) >= 11 is 0. The molecule has 5 aliphatic carbocycles. The molecule has 10 rings (SSSR count). The number of aryl methyl sites for hydroxylation is 1. The molecule has 3 aromatic carbocycles. The van der Waals surface area contributed by atoms with Crippen molar-refractivity contribution in [2.24, 2.45) is 46.2 Å². The Bertz CT molecular complexity index is 2490. The second-order valence-electron chi connectivity index (χ2n) is 21.8. The van der Waals surface area contributed by atoms with Gasteiger partial charge in [0, 0.05) is 43.7 Å². The topological polar surface area (TPSA) is 154 Å². The number of piperidine rings is 1. The summed E-state index contributed by atoms with van der Waals surface area (Å²) in [5, 5.41) is 45.4. The summed E-state index contributed by atoms with van der Waals surface area (Å²) in [5.74, 6) is 10.8. The van der Waals surface area contributed by atoms with Gasteiger partial charge in [-0.1, -0.05) is 74.1 Å². The Kier molecular flexibility index (Phi) is 13.1. The first kappa shape index (κ1) is 46.1. The lowest BCUT2D eigenvalue weighted by molar-refractivity contribution is -0.140. The summed E-state index contributed by atoms with van der Waals surface area (Å²) in [6.07, 6.45) is 15.3. The molecular formula is C58H73N3O6. The highest BCUT2D eigenvalue weighted by molar-refractivity contribution is 5.89. The van der Waals surface area contributed by atoms with Crippen LogP contribution in [0.5, 0.6) is 11.5 Å². The molecule has 356 valence electrons. The Balaban J connectivity index is 0.916. The van der Waals surface area contributed by atoms with Gasteiger partial charge in [-0.15, -0.1) is 0 Å². The van der Waals surface area contributed by atoms with Crippen molar-refractivity contribution in [2.75, 3.05) is 20.2 Å². The third-order valence-corrected chi connectivity index (χ3v) is 18.7. The van der Waals surface area contributed by atoms with Crippen molar-refractivity contribution in [1.82, 2.24) is 10.6 Å². The van der Waals surface area contributed by atoms with Crippen molar-refractivity contribution in [3.05, 3.63) is 94.3 Å². The number of ketones is 2. The molecule has 2 aliphatic heterocycles. The first-order valence-corrected chi connectivity index (χ1v) is 26.0. The molecule has 1 saturated heterocycles. The molecular weight excluding hydrogens is 835 g/mol. The summed E-state index contributed by atoms with van der Waals surface area (Å²) in [7, 11) is 1.54. The van der Waals surface area contributed by atoms with E-state index in [0.29, 0.717) is 104 Å². The van der Waals surface area contributed by atoms with E-state index in [0.717, 1.165) is 59.9 Å². The second-order valence-corrected chi connectivity index (χ2v) is 21.8. The summed E-state index contributed by atoms with van der Waals surface area (Å²) < 4.78 is 5.58. The molecule has 0 bridgehead atoms. The number of nitrogens with one attached hydrogen (secondary N) is 2. The highest BCUT2D eigenvalue weighted by atomic mass is 16.5. The molecule has 9 heteroatoms. The lowest BCUT2D eigenvalue weighted by Gasteiger charge is -2.60. The number of phenolic OH excluding ortho intramolecular Hbond substituents is 1. The van der Waals surface area contributed by atoms with Gasteiger partial charge in [-0.05, 0) is 182 Å². The van der Waals surface area contributed by atoms with E-state index in [9.17, 15) is 24.9 Å². The smallest absolute Gasteiger partial charge is 0.160 e. The molecule has 9 nitrogen and oxygen atoms in total. The van der Waals surface area contributed by atoms with E-state index in [-0.39, 0.29) is 35.2 Å². The number of aliphatic hydroxyl groups is 2. The predicted molar refractivity (Wildman–Crippen MR) is 263 cm³/mol. The molecule has 5 fully saturated rings. The first-order valence-electron chi connectivity index (χ1n) is 26.0. The standard InChI is InChI=1S/C58H73N3O6/c1-3-35-33-61-56(59)32-48(35)47(39-11-10-36-8-4-5-9-38(36)26-39)29-42(62)14-12-37-20-24-58(54(65)19-13-40-27-53(67-2)52(64)31-46(37)40)25-21-41(28-55(58)66)49-18-17-44-45-16-15-43(63)30-51(45)60-34-50(44)57(49)22-6-7-23-57/h4-5,8-11,26-27,31-32,37,41-42,44-45,47,49-51,55,60-62,64,66H,3,6-7,12-19,21-23,25,28-30,33-34,59H2,1-2H3. The lowest BCUT2D eigenvalue weighted by Crippen LogP contribution is -2.61. The molecule has 0 radical (unpaired) electrons. The summed E-state index contributed by atoms with van der Waals surface area (Å²) in [6, 6.07) is 18.9. The Hall–Kier alpha value is -4.62. The van der Waals surface area contributed by atoms with Crippen molar-refractivity contribution in [3.8, 4) is 23.3 Å². The van der Waals surface area contributed by atoms with Crippen LogP contribution in [0.1, 0.15) is 145 Å². The number of benzene rings is 3. The number of nitrogens with two attached hydrogens (primary N) is 1. The maximum Gasteiger partial charge on any atom is 0.160 e. The minimum Gasteiger partial charge on any atom is -0.504 e. The van der Waals surface area contributed by atoms with Gasteiger partial charge in [0.25, 0.3) is 0 Å². The molecule has 7 N–H and O–H groups in total. The zero-order chi connectivity index (χ0) is 46.5. The minimum atomic E-state index is -1.17. The number of dihydropyridines is 1. The number of Topliss-reactive ketones (excluding diaryl/α,β-unsaturated/α-hetero) is 2. The number of ether oxygens (including phenoxy) is 1. The molecule has 3 aromatic rings. The number of hydrogen-bond donors (Lipinski definition) is 6. The van der Waals surface area contributed by atoms with Crippen LogP contribution in [0.15, 0.2) is 77.6 Å². The highest BCUT2D eigenvalue weighted by Gasteiger charge is 2.60. The van der Waals surface area contributed by atoms with Crippen LogP contribution in [-0.4, -0.2) is 65.3 Å². The fraction of sp³-hybridized carbons (Fsp3) is 0.586. The molecule has 11 atom stereocenters. The average molecular weight is 908 g/mol. The number of methoxy groups -OCH3 is 1. The summed E-state index contributed by atoms with van der Waals surface area (Å²) in [4.78, 5) is 27.2. The summed E-state index contributed by atoms with van der Waals surface area (Å²) in [6.45, 7) is 3.84. The van der Waals surface area contributed by atoms with Gasteiger partial charge in [0.1, 0.15) is 11.2 Å². The Morgan fingerprint density at radius 1 is 0.940 bits per heavy atom. The monoisotopic (exact) mass is 908 g/mol. The lowest BCUT2D eigenvalue weighted by atomic mass is 9.47. The third kappa shape index (κ3) is 8.63. The van der Waals surface area contributed by atoms with Crippen LogP contribution >= 0.6 is 0 Å². The Labute approximate surface area is 397 Å². The average Bonchev–Trinajstić information content (AvgIpc) is 3.83. The van der Waals surface area contributed by atoms with E-state index in [1.54, 1.807) is 6.07 Å². The number of carbonyl (C=O) groups is 2. The number of phenols is 1. The number of aromatic hydroxyl groups is 1. The zero-order valence-corrected chi connectivity index (χ0v) is 39.8. The Morgan fingerprint density at radius 2 is 1.76 bits per heavy atom. The normalized spacial score (nSPS) is 32.4. The zero-order valence-electron chi connectivity index (χ0n) is 39.8. The molecule has 0 amide bonds. The SMILES string of the molecule is CCC1=C(C(CC(O)CCC2C#CC3(CCC(C4CCC5C6CCC(=O)CC6NCC5C45CCCC5)CC3O)C(=O)CCc3cc(OC)c(O)cc32)c2ccc3ccccc3c2)C=C(N)NC1. The van der Waals surface area contributed by atoms with E-state index < -0.39 is 17.6 Å². The fourth-order valence-electron chi connectivity index (χ4n) is 15.3. The predicted octanol–water partition coefficient (Wildman–Crippen LogP) is 9.27. The number of hydrogen-bond acceptors (Lipinski definition) is 9. The van der Waals surface area contributed by atoms with Crippen LogP contribution in [0, 0.1) is 52.3 Å². The minimum absolute atomic E-state index is 0.00538. The second kappa shape index (κ2) is 19.1. The van der Waals surface area contributed by atoms with Crippen molar-refractivity contribution < 1.29 is 29.6 Å². The van der Waals surface area contributed by atoms with Crippen LogP contribution in [0.2, 0.25) is 0 Å². The van der Waals surface area contributed by atoms with Gasteiger partial charge >= 0.3 is 0 Å². The van der Waals surface area contributed by atoms with Crippen molar-refractivity contribution >= 4 is 22.3 Å². The number of carbonyl (C=O) groups excluding carboxylic acids is 2. The van der Waals surface area contributed by atoms with Gasteiger partial charge in [-0.25, -0.2) is 0 Å². The van der Waals surface area contributed by atoms with Gasteiger partial charge in [0.2, 0.25) is 0 Å². The van der Waals surface area contributed by atoms with E-state index in [1.807, 2.05) is 12.1 Å². The van der Waals surface area contributed by atoms with Crippen molar-refractivity contribution in [2.45, 2.75) is 153 Å². The van der Waals surface area contributed by atoms with Gasteiger partial charge in [-0.3, -0.25) is 9.59 Å². The maximum absolute atomic E-state index is 14.7. The van der Waals surface area contributed by atoms with E-state index in [2.05, 4.69) is 71.9 Å². The fourth-order valence-corrected chi connectivity index (χ4v) is 15.3. The van der Waals surface area contributed by atoms with Gasteiger partial charge in [-0.2, -0.15) is 0 Å². The number of allylic oxidation sites excluding steroid dienone is 2. The van der Waals surface area contributed by atoms with Crippen LogP contribution in [0.3, 0.4) is 0 Å². The number of rotatable bonds is 10. The highest BCUT2D eigenvalue weighted by Crippen LogP contribution is 2.64. The van der Waals surface area contributed by atoms with E-state index in [1.165, 1.54) is 56.6 Å². The molecule has 67 heavy (non-hydrogen) atoms. The van der Waals surface area contributed by atoms with Crippen LogP contribution in [-0.2, 0) is 16.0 Å². The number of fused-ring (bicyclic) bond motifs is 6. The Morgan fingerprint density at radius 3 is 2.55 bits per heavy atom. The molecule has 2 heterocycles. The largest absolute Gasteiger partial charge is 0.504 e.